The van der Waals surface area contributed by atoms with E-state index in [4.69, 9.17) is 0 Å². The van der Waals surface area contributed by atoms with E-state index in [0.29, 0.717) is 33.4 Å². The van der Waals surface area contributed by atoms with Crippen molar-refractivity contribution in [2.24, 2.45) is 57.2 Å². The maximum absolute atomic E-state index is 12.7. The highest BCUT2D eigenvalue weighted by atomic mass is 16.1. The Kier molecular flexibility index (Phi) is 4.12. The van der Waals surface area contributed by atoms with E-state index >= 15 is 0 Å². The van der Waals surface area contributed by atoms with Crippen molar-refractivity contribution in [3.05, 3.63) is 0 Å². The SMILES string of the molecule is CC(C)[C@@H]1CC[C@]2(C)CC[C@]3(C)[C@H](CC[C@@H]4[C@]5(C)CCC(=O)[C@@H]5CC[C@]43C)[C@@H]12. The molecule has 1 heteroatoms. The number of Topliss-reactive ketones (excluding diaryl/α,β-unsaturated/α-hetero) is 1. The molecule has 0 spiro atoms. The van der Waals surface area contributed by atoms with Crippen LogP contribution in [0.2, 0.25) is 0 Å². The van der Waals surface area contributed by atoms with Gasteiger partial charge >= 0.3 is 0 Å². The number of fused-ring (bicyclic) bond motifs is 7. The topological polar surface area (TPSA) is 17.1 Å². The molecular formula is C27H44O. The Hall–Kier alpha value is -0.330. The predicted octanol–water partition coefficient (Wildman–Crippen LogP) is 7.29. The standard InChI is InChI=1S/C27H44O/c1-17(2)18-9-12-24(3)15-16-26(5)20(23(18)24)7-8-22-25(4)13-11-21(28)19(25)10-14-27(22,26)6/h17-20,22-23H,7-16H2,1-6H3/t18-,19-,20+,22+,23+,24+,25+,26+,27+/m0/s1. The van der Waals surface area contributed by atoms with E-state index in [1.807, 2.05) is 0 Å². The third-order valence-electron chi connectivity index (χ3n) is 12.3. The first-order valence-electron chi connectivity index (χ1n) is 12.6. The summed E-state index contributed by atoms with van der Waals surface area (Å²) in [6.07, 6.45) is 13.2. The Balaban J connectivity index is 1.55. The second-order valence-corrected chi connectivity index (χ2v) is 13.3. The number of rotatable bonds is 1. The van der Waals surface area contributed by atoms with Gasteiger partial charge in [-0.05, 0) is 109 Å². The van der Waals surface area contributed by atoms with Crippen molar-refractivity contribution in [2.45, 2.75) is 106 Å². The highest BCUT2D eigenvalue weighted by Gasteiger charge is 2.69. The lowest BCUT2D eigenvalue weighted by Crippen LogP contribution is -2.63. The van der Waals surface area contributed by atoms with Crippen LogP contribution in [-0.2, 0) is 4.79 Å². The largest absolute Gasteiger partial charge is 0.299 e. The average molecular weight is 385 g/mol. The minimum Gasteiger partial charge on any atom is -0.299 e. The Morgan fingerprint density at radius 3 is 2.29 bits per heavy atom. The molecule has 0 aliphatic heterocycles. The molecule has 5 saturated carbocycles. The maximum atomic E-state index is 12.7. The summed E-state index contributed by atoms with van der Waals surface area (Å²) in [4.78, 5) is 12.7. The monoisotopic (exact) mass is 384 g/mol. The fourth-order valence-corrected chi connectivity index (χ4v) is 10.6. The van der Waals surface area contributed by atoms with Crippen LogP contribution in [0, 0.1) is 57.2 Å². The molecule has 0 N–H and O–H groups in total. The maximum Gasteiger partial charge on any atom is 0.136 e. The van der Waals surface area contributed by atoms with Gasteiger partial charge in [-0.2, -0.15) is 0 Å². The molecule has 9 atom stereocenters. The number of ketones is 1. The quantitative estimate of drug-likeness (QED) is 0.464. The molecule has 5 rings (SSSR count). The molecule has 5 fully saturated rings. The second-order valence-electron chi connectivity index (χ2n) is 13.3. The van der Waals surface area contributed by atoms with Crippen molar-refractivity contribution in [1.29, 1.82) is 0 Å². The molecule has 5 aliphatic rings. The van der Waals surface area contributed by atoms with Crippen LogP contribution in [0.5, 0.6) is 0 Å². The first-order chi connectivity index (χ1) is 13.1. The second kappa shape index (κ2) is 5.88. The first-order valence-corrected chi connectivity index (χ1v) is 12.6. The third-order valence-corrected chi connectivity index (χ3v) is 12.3. The van der Waals surface area contributed by atoms with Gasteiger partial charge in [-0.1, -0.05) is 41.5 Å². The van der Waals surface area contributed by atoms with Gasteiger partial charge in [0.05, 0.1) is 0 Å². The highest BCUT2D eigenvalue weighted by Crippen LogP contribution is 2.76. The first kappa shape index (κ1) is 19.6. The summed E-state index contributed by atoms with van der Waals surface area (Å²) in [6.45, 7) is 15.6. The molecule has 5 aliphatic carbocycles. The van der Waals surface area contributed by atoms with Gasteiger partial charge in [0.25, 0.3) is 0 Å². The number of hydrogen-bond acceptors (Lipinski definition) is 1. The van der Waals surface area contributed by atoms with Crippen molar-refractivity contribution in [2.75, 3.05) is 0 Å². The van der Waals surface area contributed by atoms with E-state index in [9.17, 15) is 4.79 Å². The van der Waals surface area contributed by atoms with E-state index in [2.05, 4.69) is 41.5 Å². The summed E-state index contributed by atoms with van der Waals surface area (Å²) < 4.78 is 0. The van der Waals surface area contributed by atoms with E-state index in [1.165, 1.54) is 57.8 Å². The van der Waals surface area contributed by atoms with Crippen LogP contribution < -0.4 is 0 Å². The van der Waals surface area contributed by atoms with Gasteiger partial charge in [0.1, 0.15) is 5.78 Å². The molecule has 1 nitrogen and oxygen atoms in total. The summed E-state index contributed by atoms with van der Waals surface area (Å²) >= 11 is 0. The lowest BCUT2D eigenvalue weighted by Gasteiger charge is -2.70. The lowest BCUT2D eigenvalue weighted by atomic mass is 9.35. The smallest absolute Gasteiger partial charge is 0.136 e. The Labute approximate surface area is 173 Å². The summed E-state index contributed by atoms with van der Waals surface area (Å²) in [5.74, 6) is 5.39. The summed E-state index contributed by atoms with van der Waals surface area (Å²) in [6, 6.07) is 0. The van der Waals surface area contributed by atoms with Crippen molar-refractivity contribution in [1.82, 2.24) is 0 Å². The Morgan fingerprint density at radius 2 is 1.57 bits per heavy atom. The van der Waals surface area contributed by atoms with Crippen LogP contribution in [0.3, 0.4) is 0 Å². The van der Waals surface area contributed by atoms with E-state index in [-0.39, 0.29) is 0 Å². The van der Waals surface area contributed by atoms with Gasteiger partial charge in [-0.15, -0.1) is 0 Å². The fourth-order valence-electron chi connectivity index (χ4n) is 10.6. The summed E-state index contributed by atoms with van der Waals surface area (Å²) in [5.41, 5.74) is 1.83. The van der Waals surface area contributed by atoms with E-state index in [0.717, 1.165) is 36.0 Å². The minimum atomic E-state index is 0.298. The molecule has 0 aromatic rings. The summed E-state index contributed by atoms with van der Waals surface area (Å²) in [5, 5.41) is 0. The molecule has 0 saturated heterocycles. The minimum absolute atomic E-state index is 0.298. The van der Waals surface area contributed by atoms with E-state index < -0.39 is 0 Å². The van der Waals surface area contributed by atoms with Crippen molar-refractivity contribution in [3.8, 4) is 0 Å². The molecule has 0 radical (unpaired) electrons. The molecule has 0 aromatic heterocycles. The molecular weight excluding hydrogens is 340 g/mol. The van der Waals surface area contributed by atoms with Gasteiger partial charge in [-0.3, -0.25) is 4.79 Å². The molecule has 0 heterocycles. The van der Waals surface area contributed by atoms with Crippen LogP contribution in [0.15, 0.2) is 0 Å². The predicted molar refractivity (Wildman–Crippen MR) is 116 cm³/mol. The zero-order valence-corrected chi connectivity index (χ0v) is 19.4. The normalized spacial score (nSPS) is 58.2. The number of hydrogen-bond donors (Lipinski definition) is 0. The zero-order valence-electron chi connectivity index (χ0n) is 19.4. The van der Waals surface area contributed by atoms with Crippen LogP contribution >= 0.6 is 0 Å². The van der Waals surface area contributed by atoms with Crippen molar-refractivity contribution >= 4 is 5.78 Å². The van der Waals surface area contributed by atoms with E-state index in [1.54, 1.807) is 0 Å². The highest BCUT2D eigenvalue weighted by molar-refractivity contribution is 5.84. The molecule has 0 aromatic carbocycles. The average Bonchev–Trinajstić information content (AvgIpc) is 3.13. The molecule has 0 unspecified atom stereocenters. The van der Waals surface area contributed by atoms with Gasteiger partial charge in [-0.25, -0.2) is 0 Å². The Morgan fingerprint density at radius 1 is 0.821 bits per heavy atom. The molecule has 158 valence electrons. The van der Waals surface area contributed by atoms with Crippen LogP contribution in [0.1, 0.15) is 106 Å². The van der Waals surface area contributed by atoms with Gasteiger partial charge < -0.3 is 0 Å². The molecule has 0 amide bonds. The molecule has 0 bridgehead atoms. The van der Waals surface area contributed by atoms with Crippen LogP contribution in [-0.4, -0.2) is 5.78 Å². The zero-order chi connectivity index (χ0) is 20.1. The van der Waals surface area contributed by atoms with Crippen LogP contribution in [0.4, 0.5) is 0 Å². The van der Waals surface area contributed by atoms with Gasteiger partial charge in [0, 0.05) is 12.3 Å². The number of carbonyl (C=O) groups excluding carboxylic acids is 1. The van der Waals surface area contributed by atoms with Crippen molar-refractivity contribution in [3.63, 3.8) is 0 Å². The summed E-state index contributed by atoms with van der Waals surface area (Å²) in [7, 11) is 0. The fraction of sp³-hybridized carbons (Fsp3) is 0.963. The number of carbonyl (C=O) groups is 1. The van der Waals surface area contributed by atoms with Gasteiger partial charge in [0.15, 0.2) is 0 Å². The van der Waals surface area contributed by atoms with Crippen LogP contribution in [0.25, 0.3) is 0 Å². The Bertz CT molecular complexity index is 680. The lowest BCUT2D eigenvalue weighted by molar-refractivity contribution is -0.213. The third kappa shape index (κ3) is 2.18. The van der Waals surface area contributed by atoms with Crippen molar-refractivity contribution < 1.29 is 4.79 Å². The van der Waals surface area contributed by atoms with Gasteiger partial charge in [0.2, 0.25) is 0 Å². The molecule has 28 heavy (non-hydrogen) atoms.